The van der Waals surface area contributed by atoms with E-state index < -0.39 is 16.0 Å². The fourth-order valence-corrected chi connectivity index (χ4v) is 3.80. The molecule has 1 N–H and O–H groups in total. The topological polar surface area (TPSA) is 104 Å². The van der Waals surface area contributed by atoms with E-state index in [4.69, 9.17) is 9.63 Å². The third-order valence-electron chi connectivity index (χ3n) is 3.31. The van der Waals surface area contributed by atoms with E-state index in [-0.39, 0.29) is 12.3 Å². The Hall–Kier alpha value is -1.45. The molecule has 0 amide bonds. The molecule has 1 aliphatic heterocycles. The molecule has 118 valence electrons. The van der Waals surface area contributed by atoms with Crippen molar-refractivity contribution >= 4 is 16.0 Å². The standard InChI is InChI=1S/C12H19N3O5S/c1-10-7-11(13-20-10)9-21(18,19)15-4-2-3-14(5-6-15)8-12(16)17/h7H,2-6,8-9H2,1H3,(H,16,17). The minimum absolute atomic E-state index is 0.0592. The summed E-state index contributed by atoms with van der Waals surface area (Å²) in [5.41, 5.74) is 0.388. The van der Waals surface area contributed by atoms with E-state index in [1.165, 1.54) is 4.31 Å². The summed E-state index contributed by atoms with van der Waals surface area (Å²) in [5.74, 6) is -0.517. The number of carboxylic acids is 1. The Morgan fingerprint density at radius 3 is 2.76 bits per heavy atom. The first-order valence-corrected chi connectivity index (χ1v) is 8.32. The van der Waals surface area contributed by atoms with Crippen molar-refractivity contribution in [3.63, 3.8) is 0 Å². The number of hydrogen-bond acceptors (Lipinski definition) is 6. The number of rotatable bonds is 5. The van der Waals surface area contributed by atoms with Gasteiger partial charge in [-0.15, -0.1) is 0 Å². The lowest BCUT2D eigenvalue weighted by atomic mass is 10.4. The molecule has 9 heteroatoms. The van der Waals surface area contributed by atoms with Gasteiger partial charge in [0.15, 0.2) is 0 Å². The summed E-state index contributed by atoms with van der Waals surface area (Å²) in [5, 5.41) is 12.5. The van der Waals surface area contributed by atoms with Crippen LogP contribution in [0.25, 0.3) is 0 Å². The third-order valence-corrected chi connectivity index (χ3v) is 5.12. The van der Waals surface area contributed by atoms with Crippen molar-refractivity contribution in [1.29, 1.82) is 0 Å². The first-order chi connectivity index (χ1) is 9.87. The van der Waals surface area contributed by atoms with Crippen LogP contribution < -0.4 is 0 Å². The molecule has 1 saturated heterocycles. The Kier molecular flexibility index (Phi) is 4.96. The Labute approximate surface area is 123 Å². The average Bonchev–Trinajstić information content (AvgIpc) is 2.62. The van der Waals surface area contributed by atoms with Gasteiger partial charge >= 0.3 is 5.97 Å². The number of carboxylic acid groups (broad SMARTS) is 1. The molecule has 0 spiro atoms. The highest BCUT2D eigenvalue weighted by Gasteiger charge is 2.26. The summed E-state index contributed by atoms with van der Waals surface area (Å²) in [4.78, 5) is 12.5. The van der Waals surface area contributed by atoms with Crippen molar-refractivity contribution in [1.82, 2.24) is 14.4 Å². The fraction of sp³-hybridized carbons (Fsp3) is 0.667. The number of aliphatic carboxylic acids is 1. The largest absolute Gasteiger partial charge is 0.480 e. The molecule has 1 aromatic rings. The Morgan fingerprint density at radius 1 is 1.38 bits per heavy atom. The molecular formula is C12H19N3O5S. The van der Waals surface area contributed by atoms with Gasteiger partial charge in [0, 0.05) is 32.2 Å². The van der Waals surface area contributed by atoms with Crippen LogP contribution in [0.5, 0.6) is 0 Å². The van der Waals surface area contributed by atoms with Crippen molar-refractivity contribution in [3.8, 4) is 0 Å². The number of aryl methyl sites for hydroxylation is 1. The lowest BCUT2D eigenvalue weighted by molar-refractivity contribution is -0.138. The molecule has 1 aromatic heterocycles. The molecule has 0 unspecified atom stereocenters. The molecule has 0 aromatic carbocycles. The summed E-state index contributed by atoms with van der Waals surface area (Å²) in [6.07, 6.45) is 0.615. The van der Waals surface area contributed by atoms with Crippen LogP contribution in [0.1, 0.15) is 17.9 Å². The van der Waals surface area contributed by atoms with Gasteiger partial charge < -0.3 is 9.63 Å². The van der Waals surface area contributed by atoms with Gasteiger partial charge in [-0.1, -0.05) is 5.16 Å². The van der Waals surface area contributed by atoms with Crippen molar-refractivity contribution < 1.29 is 22.8 Å². The predicted molar refractivity (Wildman–Crippen MR) is 74.1 cm³/mol. The molecule has 0 bridgehead atoms. The maximum atomic E-state index is 12.4. The van der Waals surface area contributed by atoms with Gasteiger partial charge in [0.2, 0.25) is 10.0 Å². The molecule has 2 heterocycles. The summed E-state index contributed by atoms with van der Waals surface area (Å²) < 4.78 is 31.0. The monoisotopic (exact) mass is 317 g/mol. The summed E-state index contributed by atoms with van der Waals surface area (Å²) in [7, 11) is -3.46. The first-order valence-electron chi connectivity index (χ1n) is 6.71. The van der Waals surface area contributed by atoms with Crippen molar-refractivity contribution in [3.05, 3.63) is 17.5 Å². The number of sulfonamides is 1. The van der Waals surface area contributed by atoms with E-state index >= 15 is 0 Å². The fourth-order valence-electron chi connectivity index (χ4n) is 2.34. The second-order valence-corrected chi connectivity index (χ2v) is 7.08. The van der Waals surface area contributed by atoms with Crippen LogP contribution in [0.2, 0.25) is 0 Å². The number of carbonyl (C=O) groups is 1. The molecule has 0 saturated carbocycles. The SMILES string of the molecule is Cc1cc(CS(=O)(=O)N2CCCN(CC(=O)O)CC2)no1. The molecule has 1 fully saturated rings. The van der Waals surface area contributed by atoms with E-state index in [1.54, 1.807) is 17.9 Å². The maximum Gasteiger partial charge on any atom is 0.317 e. The Morgan fingerprint density at radius 2 is 2.14 bits per heavy atom. The van der Waals surface area contributed by atoms with Crippen molar-refractivity contribution in [2.75, 3.05) is 32.7 Å². The number of hydrogen-bond donors (Lipinski definition) is 1. The van der Waals surface area contributed by atoms with Gasteiger partial charge in [0.25, 0.3) is 0 Å². The van der Waals surface area contributed by atoms with E-state index in [2.05, 4.69) is 5.16 Å². The average molecular weight is 317 g/mol. The highest BCUT2D eigenvalue weighted by atomic mass is 32.2. The van der Waals surface area contributed by atoms with Gasteiger partial charge in [0.05, 0.1) is 6.54 Å². The van der Waals surface area contributed by atoms with Crippen LogP contribution in [0.3, 0.4) is 0 Å². The highest BCUT2D eigenvalue weighted by molar-refractivity contribution is 7.88. The Bertz CT molecular complexity index is 598. The van der Waals surface area contributed by atoms with Crippen LogP contribution in [0, 0.1) is 6.92 Å². The van der Waals surface area contributed by atoms with E-state index in [0.717, 1.165) is 0 Å². The molecular weight excluding hydrogens is 298 g/mol. The summed E-state index contributed by atoms with van der Waals surface area (Å²) >= 11 is 0. The zero-order valence-corrected chi connectivity index (χ0v) is 12.7. The van der Waals surface area contributed by atoms with Crippen LogP contribution in [-0.2, 0) is 20.6 Å². The van der Waals surface area contributed by atoms with Crippen molar-refractivity contribution in [2.24, 2.45) is 0 Å². The third kappa shape index (κ3) is 4.51. The van der Waals surface area contributed by atoms with Gasteiger partial charge in [-0.25, -0.2) is 12.7 Å². The molecule has 0 radical (unpaired) electrons. The predicted octanol–water partition coefficient (Wildman–Crippen LogP) is -0.0949. The second kappa shape index (κ2) is 6.54. The van der Waals surface area contributed by atoms with Crippen LogP contribution in [0.4, 0.5) is 0 Å². The second-order valence-electron chi connectivity index (χ2n) is 5.11. The molecule has 0 aliphatic carbocycles. The lowest BCUT2D eigenvalue weighted by Crippen LogP contribution is -2.37. The molecule has 0 atom stereocenters. The van der Waals surface area contributed by atoms with Gasteiger partial charge in [-0.05, 0) is 13.3 Å². The van der Waals surface area contributed by atoms with Crippen LogP contribution >= 0.6 is 0 Å². The first kappa shape index (κ1) is 15.9. The summed E-state index contributed by atoms with van der Waals surface area (Å²) in [6, 6.07) is 1.60. The molecule has 21 heavy (non-hydrogen) atoms. The maximum absolute atomic E-state index is 12.4. The number of aromatic nitrogens is 1. The van der Waals surface area contributed by atoms with Crippen LogP contribution in [0.15, 0.2) is 10.6 Å². The Balaban J connectivity index is 1.98. The van der Waals surface area contributed by atoms with E-state index in [0.29, 0.717) is 44.1 Å². The highest BCUT2D eigenvalue weighted by Crippen LogP contribution is 2.14. The zero-order valence-electron chi connectivity index (χ0n) is 11.9. The lowest BCUT2D eigenvalue weighted by Gasteiger charge is -2.20. The van der Waals surface area contributed by atoms with Crippen LogP contribution in [-0.4, -0.2) is 66.6 Å². The minimum Gasteiger partial charge on any atom is -0.480 e. The minimum atomic E-state index is -3.46. The van der Waals surface area contributed by atoms with Gasteiger partial charge in [-0.3, -0.25) is 9.69 Å². The van der Waals surface area contributed by atoms with Gasteiger partial charge in [-0.2, -0.15) is 0 Å². The normalized spacial score (nSPS) is 18.5. The molecule has 8 nitrogen and oxygen atoms in total. The van der Waals surface area contributed by atoms with E-state index in [9.17, 15) is 13.2 Å². The zero-order chi connectivity index (χ0) is 15.5. The van der Waals surface area contributed by atoms with E-state index in [1.807, 2.05) is 0 Å². The molecule has 2 rings (SSSR count). The summed E-state index contributed by atoms with van der Waals surface area (Å²) in [6.45, 7) is 3.35. The smallest absolute Gasteiger partial charge is 0.317 e. The molecule has 1 aliphatic rings. The van der Waals surface area contributed by atoms with Crippen molar-refractivity contribution in [2.45, 2.75) is 19.1 Å². The van der Waals surface area contributed by atoms with Gasteiger partial charge in [0.1, 0.15) is 17.2 Å². The number of nitrogens with zero attached hydrogens (tertiary/aromatic N) is 3. The quantitative estimate of drug-likeness (QED) is 0.809.